The van der Waals surface area contributed by atoms with Gasteiger partial charge < -0.3 is 4.90 Å². The van der Waals surface area contributed by atoms with Gasteiger partial charge in [-0.25, -0.2) is 8.42 Å². The maximum atomic E-state index is 12.8. The lowest BCUT2D eigenvalue weighted by molar-refractivity contribution is -0.385. The van der Waals surface area contributed by atoms with Crippen molar-refractivity contribution in [3.05, 3.63) is 75.3 Å². The van der Waals surface area contributed by atoms with E-state index in [1.807, 2.05) is 6.07 Å². The Bertz CT molecular complexity index is 984. The van der Waals surface area contributed by atoms with Crippen molar-refractivity contribution in [3.8, 4) is 0 Å². The van der Waals surface area contributed by atoms with Crippen LogP contribution >= 0.6 is 0 Å². The maximum absolute atomic E-state index is 12.8. The molecule has 1 saturated heterocycles. The van der Waals surface area contributed by atoms with Crippen LogP contribution < -0.4 is 0 Å². The zero-order valence-corrected chi connectivity index (χ0v) is 16.3. The second kappa shape index (κ2) is 8.07. The average molecular weight is 403 g/mol. The number of piperazine rings is 1. The smallest absolute Gasteiger partial charge is 0.285 e. The lowest BCUT2D eigenvalue weighted by atomic mass is 10.1. The van der Waals surface area contributed by atoms with Gasteiger partial charge in [-0.1, -0.05) is 42.5 Å². The number of amides is 1. The first kappa shape index (κ1) is 20.0. The molecule has 0 radical (unpaired) electrons. The van der Waals surface area contributed by atoms with E-state index in [1.165, 1.54) is 15.3 Å². The predicted octanol–water partition coefficient (Wildman–Crippen LogP) is 2.19. The number of hydrogen-bond acceptors (Lipinski definition) is 5. The van der Waals surface area contributed by atoms with E-state index in [0.29, 0.717) is 11.1 Å². The molecule has 2 aromatic carbocycles. The first-order valence-corrected chi connectivity index (χ1v) is 10.5. The Hall–Kier alpha value is -2.78. The summed E-state index contributed by atoms with van der Waals surface area (Å²) in [4.78, 5) is 25.0. The molecule has 0 unspecified atom stereocenters. The molecule has 0 atom stereocenters. The van der Waals surface area contributed by atoms with E-state index in [9.17, 15) is 23.3 Å². The minimum Gasteiger partial charge on any atom is -0.336 e. The van der Waals surface area contributed by atoms with Gasteiger partial charge >= 0.3 is 0 Å². The molecule has 1 aliphatic rings. The zero-order valence-electron chi connectivity index (χ0n) is 15.4. The van der Waals surface area contributed by atoms with Gasteiger partial charge in [0, 0.05) is 31.7 Å². The molecule has 0 bridgehead atoms. The Labute approximate surface area is 163 Å². The van der Waals surface area contributed by atoms with Crippen LogP contribution in [0.2, 0.25) is 0 Å². The first-order valence-electron chi connectivity index (χ1n) is 8.84. The Morgan fingerprint density at radius 3 is 2.29 bits per heavy atom. The molecule has 0 aromatic heterocycles. The number of nitro groups is 1. The van der Waals surface area contributed by atoms with Crippen LogP contribution in [0.25, 0.3) is 0 Å². The fourth-order valence-corrected chi connectivity index (χ4v) is 4.81. The molecule has 2 aromatic rings. The summed E-state index contributed by atoms with van der Waals surface area (Å²) < 4.78 is 26.6. The van der Waals surface area contributed by atoms with E-state index < -0.39 is 20.9 Å². The van der Waals surface area contributed by atoms with Gasteiger partial charge in [-0.15, -0.1) is 0 Å². The topological polar surface area (TPSA) is 101 Å². The van der Waals surface area contributed by atoms with Crippen LogP contribution in [-0.4, -0.2) is 54.6 Å². The molecule has 9 heteroatoms. The minimum absolute atomic E-state index is 0.0330. The Balaban J connectivity index is 1.70. The molecule has 0 N–H and O–H groups in total. The van der Waals surface area contributed by atoms with Gasteiger partial charge in [-0.05, 0) is 18.6 Å². The normalized spacial score (nSPS) is 15.4. The van der Waals surface area contributed by atoms with Crippen molar-refractivity contribution in [2.75, 3.05) is 26.2 Å². The molecule has 1 aliphatic heterocycles. The Morgan fingerprint density at radius 1 is 1.04 bits per heavy atom. The zero-order chi connectivity index (χ0) is 20.3. The molecule has 1 heterocycles. The monoisotopic (exact) mass is 403 g/mol. The van der Waals surface area contributed by atoms with Crippen molar-refractivity contribution in [1.29, 1.82) is 0 Å². The molecule has 8 nitrogen and oxygen atoms in total. The lowest BCUT2D eigenvalue weighted by Gasteiger charge is -2.34. The van der Waals surface area contributed by atoms with Gasteiger partial charge in [-0.2, -0.15) is 4.31 Å². The SMILES string of the molecule is Cc1cccc(C(=O)N2CCN(S(=O)(=O)Cc3ccccc3)CC2)c1[N+](=O)[O-]. The number of sulfonamides is 1. The highest BCUT2D eigenvalue weighted by Gasteiger charge is 2.32. The summed E-state index contributed by atoms with van der Waals surface area (Å²) in [6.45, 7) is 2.31. The van der Waals surface area contributed by atoms with E-state index >= 15 is 0 Å². The van der Waals surface area contributed by atoms with E-state index in [4.69, 9.17) is 0 Å². The summed E-state index contributed by atoms with van der Waals surface area (Å²) in [5.74, 6) is -0.541. The van der Waals surface area contributed by atoms with Crippen molar-refractivity contribution < 1.29 is 18.1 Å². The van der Waals surface area contributed by atoms with Gasteiger partial charge in [0.1, 0.15) is 5.56 Å². The number of rotatable bonds is 5. The van der Waals surface area contributed by atoms with Crippen LogP contribution in [-0.2, 0) is 15.8 Å². The molecule has 28 heavy (non-hydrogen) atoms. The Kier molecular flexibility index (Phi) is 5.76. The van der Waals surface area contributed by atoms with Gasteiger partial charge in [0.2, 0.25) is 10.0 Å². The molecular formula is C19H21N3O5S. The van der Waals surface area contributed by atoms with E-state index in [0.717, 1.165) is 0 Å². The van der Waals surface area contributed by atoms with Crippen LogP contribution in [0.4, 0.5) is 5.69 Å². The summed E-state index contributed by atoms with van der Waals surface area (Å²) >= 11 is 0. The fraction of sp³-hybridized carbons (Fsp3) is 0.316. The highest BCUT2D eigenvalue weighted by atomic mass is 32.2. The average Bonchev–Trinajstić information content (AvgIpc) is 2.67. The van der Waals surface area contributed by atoms with Gasteiger partial charge in [0.05, 0.1) is 10.7 Å². The van der Waals surface area contributed by atoms with Crippen molar-refractivity contribution in [1.82, 2.24) is 9.21 Å². The molecule has 1 amide bonds. The molecule has 148 valence electrons. The fourth-order valence-electron chi connectivity index (χ4n) is 3.29. The van der Waals surface area contributed by atoms with Crippen LogP contribution in [0.5, 0.6) is 0 Å². The number of benzene rings is 2. The highest BCUT2D eigenvalue weighted by Crippen LogP contribution is 2.25. The summed E-state index contributed by atoms with van der Waals surface area (Å²) in [6.07, 6.45) is 0. The number of para-hydroxylation sites is 1. The van der Waals surface area contributed by atoms with Crippen LogP contribution in [0.3, 0.4) is 0 Å². The largest absolute Gasteiger partial charge is 0.336 e. The number of carbonyl (C=O) groups is 1. The van der Waals surface area contributed by atoms with E-state index in [2.05, 4.69) is 0 Å². The third-order valence-corrected chi connectivity index (χ3v) is 6.61. The predicted molar refractivity (Wildman–Crippen MR) is 104 cm³/mol. The molecule has 0 saturated carbocycles. The van der Waals surface area contributed by atoms with Crippen molar-refractivity contribution in [3.63, 3.8) is 0 Å². The summed E-state index contributed by atoms with van der Waals surface area (Å²) in [5.41, 5.74) is 0.952. The Morgan fingerprint density at radius 2 is 1.68 bits per heavy atom. The standard InChI is InChI=1S/C19H21N3O5S/c1-15-6-5-9-17(18(15)22(24)25)19(23)20-10-12-21(13-11-20)28(26,27)14-16-7-3-2-4-8-16/h2-9H,10-14H2,1H3. The number of carbonyl (C=O) groups excluding carboxylic acids is 1. The minimum atomic E-state index is -3.49. The highest BCUT2D eigenvalue weighted by molar-refractivity contribution is 7.88. The molecule has 0 aliphatic carbocycles. The van der Waals surface area contributed by atoms with E-state index in [1.54, 1.807) is 43.3 Å². The second-order valence-corrected chi connectivity index (χ2v) is 8.63. The van der Waals surface area contributed by atoms with Gasteiger partial charge in [0.25, 0.3) is 11.6 Å². The number of hydrogen-bond donors (Lipinski definition) is 0. The van der Waals surface area contributed by atoms with Crippen LogP contribution in [0.1, 0.15) is 21.5 Å². The maximum Gasteiger partial charge on any atom is 0.285 e. The quantitative estimate of drug-likeness (QED) is 0.563. The number of nitrogens with zero attached hydrogens (tertiary/aromatic N) is 3. The third-order valence-electron chi connectivity index (χ3n) is 4.76. The first-order chi connectivity index (χ1) is 13.3. The summed E-state index contributed by atoms with van der Waals surface area (Å²) in [6, 6.07) is 13.5. The van der Waals surface area contributed by atoms with E-state index in [-0.39, 0.29) is 43.2 Å². The van der Waals surface area contributed by atoms with Crippen molar-refractivity contribution in [2.24, 2.45) is 0 Å². The number of aryl methyl sites for hydroxylation is 1. The van der Waals surface area contributed by atoms with Crippen molar-refractivity contribution in [2.45, 2.75) is 12.7 Å². The van der Waals surface area contributed by atoms with Crippen LogP contribution in [0, 0.1) is 17.0 Å². The van der Waals surface area contributed by atoms with Gasteiger partial charge in [-0.3, -0.25) is 14.9 Å². The van der Waals surface area contributed by atoms with Crippen molar-refractivity contribution >= 4 is 21.6 Å². The third kappa shape index (κ3) is 4.20. The summed E-state index contributed by atoms with van der Waals surface area (Å²) in [5, 5.41) is 11.3. The molecular weight excluding hydrogens is 382 g/mol. The van der Waals surface area contributed by atoms with Gasteiger partial charge in [0.15, 0.2) is 0 Å². The molecule has 3 rings (SSSR count). The number of nitro benzene ring substituents is 1. The molecule has 1 fully saturated rings. The summed E-state index contributed by atoms with van der Waals surface area (Å²) in [7, 11) is -3.49. The lowest BCUT2D eigenvalue weighted by Crippen LogP contribution is -2.50. The molecule has 0 spiro atoms. The van der Waals surface area contributed by atoms with Crippen LogP contribution in [0.15, 0.2) is 48.5 Å². The second-order valence-electron chi connectivity index (χ2n) is 6.66.